The molecule has 0 spiro atoms. The molecule has 0 aromatic heterocycles. The third kappa shape index (κ3) is 9.91. The van der Waals surface area contributed by atoms with Crippen molar-refractivity contribution in [2.75, 3.05) is 53.4 Å². The van der Waals surface area contributed by atoms with Crippen LogP contribution in [0.25, 0.3) is 0 Å². The molecule has 0 fully saturated rings. The fourth-order valence-corrected chi connectivity index (χ4v) is 1.43. The summed E-state index contributed by atoms with van der Waals surface area (Å²) >= 11 is 0. The van der Waals surface area contributed by atoms with E-state index in [1.807, 2.05) is 6.08 Å². The van der Waals surface area contributed by atoms with Crippen LogP contribution in [0.5, 0.6) is 0 Å². The lowest BCUT2D eigenvalue weighted by Crippen LogP contribution is -2.37. The van der Waals surface area contributed by atoms with E-state index >= 15 is 0 Å². The Hall–Kier alpha value is -0.380. The lowest BCUT2D eigenvalue weighted by atomic mass is 10.3. The molecule has 3 heteroatoms. The Bertz CT molecular complexity index is 146. The van der Waals surface area contributed by atoms with Gasteiger partial charge in [-0.15, -0.1) is 6.58 Å². The van der Waals surface area contributed by atoms with Crippen molar-refractivity contribution in [1.29, 1.82) is 0 Å². The third-order valence-corrected chi connectivity index (χ3v) is 2.30. The van der Waals surface area contributed by atoms with Gasteiger partial charge < -0.3 is 15.1 Å². The minimum atomic E-state index is 0.910. The zero-order valence-corrected chi connectivity index (χ0v) is 10.6. The molecule has 3 nitrogen and oxygen atoms in total. The summed E-state index contributed by atoms with van der Waals surface area (Å²) in [6, 6.07) is 0. The zero-order chi connectivity index (χ0) is 11.5. The maximum Gasteiger partial charge on any atom is 0.0132 e. The molecule has 0 heterocycles. The van der Waals surface area contributed by atoms with E-state index in [2.05, 4.69) is 42.7 Å². The molecule has 0 saturated heterocycles. The maximum absolute atomic E-state index is 3.69. The Morgan fingerprint density at radius 3 is 2.40 bits per heavy atom. The van der Waals surface area contributed by atoms with E-state index in [-0.39, 0.29) is 0 Å². The van der Waals surface area contributed by atoms with E-state index in [1.54, 1.807) is 0 Å². The van der Waals surface area contributed by atoms with Crippen molar-refractivity contribution >= 4 is 0 Å². The van der Waals surface area contributed by atoms with Crippen LogP contribution in [0.4, 0.5) is 0 Å². The van der Waals surface area contributed by atoms with Gasteiger partial charge in [-0.25, -0.2) is 0 Å². The van der Waals surface area contributed by atoms with Crippen molar-refractivity contribution in [2.24, 2.45) is 0 Å². The largest absolute Gasteiger partial charge is 0.312 e. The fraction of sp³-hybridized carbons (Fsp3) is 0.833. The zero-order valence-electron chi connectivity index (χ0n) is 10.6. The summed E-state index contributed by atoms with van der Waals surface area (Å²) in [5.74, 6) is 0. The number of hydrogen-bond acceptors (Lipinski definition) is 3. The monoisotopic (exact) mass is 213 g/mol. The Morgan fingerprint density at radius 1 is 1.13 bits per heavy atom. The highest BCUT2D eigenvalue weighted by atomic mass is 15.2. The SMILES string of the molecule is C=CCNCCN(CCC)CCN(C)C. The highest BCUT2D eigenvalue weighted by Gasteiger charge is 2.03. The van der Waals surface area contributed by atoms with Crippen LogP contribution in [0.2, 0.25) is 0 Å². The molecule has 0 aromatic carbocycles. The van der Waals surface area contributed by atoms with E-state index in [4.69, 9.17) is 0 Å². The molecule has 0 aromatic rings. The van der Waals surface area contributed by atoms with Gasteiger partial charge in [0.15, 0.2) is 0 Å². The first kappa shape index (κ1) is 14.6. The van der Waals surface area contributed by atoms with Crippen LogP contribution in [0.1, 0.15) is 13.3 Å². The normalized spacial score (nSPS) is 11.3. The van der Waals surface area contributed by atoms with Crippen molar-refractivity contribution < 1.29 is 0 Å². The minimum absolute atomic E-state index is 0.910. The molecular weight excluding hydrogens is 186 g/mol. The summed E-state index contributed by atoms with van der Waals surface area (Å²) in [5, 5.41) is 3.34. The van der Waals surface area contributed by atoms with Crippen LogP contribution in [0, 0.1) is 0 Å². The van der Waals surface area contributed by atoms with Gasteiger partial charge in [0.25, 0.3) is 0 Å². The number of nitrogens with zero attached hydrogens (tertiary/aromatic N) is 2. The number of hydrogen-bond donors (Lipinski definition) is 1. The van der Waals surface area contributed by atoms with E-state index in [1.165, 1.54) is 13.0 Å². The first-order valence-corrected chi connectivity index (χ1v) is 5.89. The highest BCUT2D eigenvalue weighted by molar-refractivity contribution is 4.70. The molecule has 0 saturated carbocycles. The summed E-state index contributed by atoms with van der Waals surface area (Å²) in [6.45, 7) is 12.5. The topological polar surface area (TPSA) is 18.5 Å². The van der Waals surface area contributed by atoms with Gasteiger partial charge in [0.05, 0.1) is 0 Å². The smallest absolute Gasteiger partial charge is 0.0132 e. The number of nitrogens with one attached hydrogen (secondary N) is 1. The highest BCUT2D eigenvalue weighted by Crippen LogP contribution is 1.91. The van der Waals surface area contributed by atoms with E-state index in [0.717, 1.165) is 32.7 Å². The van der Waals surface area contributed by atoms with Crippen LogP contribution in [-0.4, -0.2) is 63.2 Å². The lowest BCUT2D eigenvalue weighted by molar-refractivity contribution is 0.242. The average molecular weight is 213 g/mol. The summed E-state index contributed by atoms with van der Waals surface area (Å²) in [5.41, 5.74) is 0. The molecule has 0 rings (SSSR count). The Labute approximate surface area is 95.1 Å². The van der Waals surface area contributed by atoms with Crippen molar-refractivity contribution in [3.8, 4) is 0 Å². The molecule has 1 N–H and O–H groups in total. The van der Waals surface area contributed by atoms with E-state index in [9.17, 15) is 0 Å². The Kier molecular flexibility index (Phi) is 9.89. The van der Waals surface area contributed by atoms with Gasteiger partial charge in [-0.1, -0.05) is 13.0 Å². The molecule has 0 aliphatic heterocycles. The van der Waals surface area contributed by atoms with Gasteiger partial charge >= 0.3 is 0 Å². The van der Waals surface area contributed by atoms with Crippen LogP contribution in [0.3, 0.4) is 0 Å². The van der Waals surface area contributed by atoms with Gasteiger partial charge in [0, 0.05) is 32.7 Å². The summed E-state index contributed by atoms with van der Waals surface area (Å²) in [4.78, 5) is 4.75. The van der Waals surface area contributed by atoms with Crippen molar-refractivity contribution in [3.63, 3.8) is 0 Å². The molecular formula is C12H27N3. The van der Waals surface area contributed by atoms with Crippen molar-refractivity contribution in [1.82, 2.24) is 15.1 Å². The van der Waals surface area contributed by atoms with E-state index in [0.29, 0.717) is 0 Å². The van der Waals surface area contributed by atoms with Crippen LogP contribution >= 0.6 is 0 Å². The van der Waals surface area contributed by atoms with E-state index < -0.39 is 0 Å². The number of rotatable bonds is 10. The molecule has 0 unspecified atom stereocenters. The molecule has 0 atom stereocenters. The lowest BCUT2D eigenvalue weighted by Gasteiger charge is -2.23. The molecule has 0 aliphatic carbocycles. The Morgan fingerprint density at radius 2 is 1.87 bits per heavy atom. The Balaban J connectivity index is 3.57. The van der Waals surface area contributed by atoms with Gasteiger partial charge in [-0.05, 0) is 27.1 Å². The molecule has 0 aliphatic rings. The van der Waals surface area contributed by atoms with Gasteiger partial charge in [0.1, 0.15) is 0 Å². The standard InChI is InChI=1S/C12H27N3/c1-5-7-13-8-10-15(9-6-2)12-11-14(3)4/h5,13H,1,6-12H2,2-4H3. The van der Waals surface area contributed by atoms with Gasteiger partial charge in [-0.3, -0.25) is 0 Å². The second kappa shape index (κ2) is 10.1. The number of likely N-dealkylation sites (N-methyl/N-ethyl adjacent to an activating group) is 1. The fourth-order valence-electron chi connectivity index (χ4n) is 1.43. The maximum atomic E-state index is 3.69. The molecule has 90 valence electrons. The van der Waals surface area contributed by atoms with Gasteiger partial charge in [0.2, 0.25) is 0 Å². The van der Waals surface area contributed by atoms with Crippen LogP contribution in [0.15, 0.2) is 12.7 Å². The first-order chi connectivity index (χ1) is 7.20. The average Bonchev–Trinajstić information content (AvgIpc) is 2.20. The minimum Gasteiger partial charge on any atom is -0.312 e. The molecule has 0 amide bonds. The second-order valence-electron chi connectivity index (χ2n) is 4.14. The predicted molar refractivity (Wildman–Crippen MR) is 68.4 cm³/mol. The molecule has 0 bridgehead atoms. The predicted octanol–water partition coefficient (Wildman–Crippen LogP) is 1.04. The summed E-state index contributed by atoms with van der Waals surface area (Å²) in [7, 11) is 4.25. The molecule has 15 heavy (non-hydrogen) atoms. The van der Waals surface area contributed by atoms with Gasteiger partial charge in [-0.2, -0.15) is 0 Å². The van der Waals surface area contributed by atoms with Crippen molar-refractivity contribution in [3.05, 3.63) is 12.7 Å². The van der Waals surface area contributed by atoms with Crippen LogP contribution in [-0.2, 0) is 0 Å². The molecule has 0 radical (unpaired) electrons. The quantitative estimate of drug-likeness (QED) is 0.432. The summed E-state index contributed by atoms with van der Waals surface area (Å²) < 4.78 is 0. The third-order valence-electron chi connectivity index (χ3n) is 2.30. The summed E-state index contributed by atoms with van der Waals surface area (Å²) in [6.07, 6.45) is 3.14. The second-order valence-corrected chi connectivity index (χ2v) is 4.14. The van der Waals surface area contributed by atoms with Crippen LogP contribution < -0.4 is 5.32 Å². The van der Waals surface area contributed by atoms with Crippen molar-refractivity contribution in [2.45, 2.75) is 13.3 Å². The first-order valence-electron chi connectivity index (χ1n) is 5.89.